The van der Waals surface area contributed by atoms with Gasteiger partial charge in [0.1, 0.15) is 0 Å². The lowest BCUT2D eigenvalue weighted by Gasteiger charge is -2.27. The lowest BCUT2D eigenvalue weighted by molar-refractivity contribution is -0.132. The van der Waals surface area contributed by atoms with Gasteiger partial charge in [-0.1, -0.05) is 30.3 Å². The topological polar surface area (TPSA) is 46.3 Å². The Hall–Kier alpha value is -1.35. The van der Waals surface area contributed by atoms with Crippen LogP contribution in [0.2, 0.25) is 0 Å². The van der Waals surface area contributed by atoms with E-state index in [1.165, 1.54) is 6.42 Å². The first-order valence-electron chi connectivity index (χ1n) is 6.35. The van der Waals surface area contributed by atoms with Crippen molar-refractivity contribution in [1.29, 1.82) is 0 Å². The Morgan fingerprint density at radius 1 is 1.18 bits per heavy atom. The normalized spacial score (nSPS) is 17.8. The Labute approximate surface area is 103 Å². The number of likely N-dealkylation sites (tertiary alicyclic amines) is 1. The fourth-order valence-electron chi connectivity index (χ4n) is 2.28. The Morgan fingerprint density at radius 2 is 1.82 bits per heavy atom. The van der Waals surface area contributed by atoms with E-state index in [9.17, 15) is 4.79 Å². The third-order valence-electron chi connectivity index (χ3n) is 3.33. The quantitative estimate of drug-likeness (QED) is 0.867. The molecule has 2 N–H and O–H groups in total. The van der Waals surface area contributed by atoms with Crippen LogP contribution in [0.15, 0.2) is 30.3 Å². The van der Waals surface area contributed by atoms with Gasteiger partial charge in [0.25, 0.3) is 0 Å². The molecule has 0 bridgehead atoms. The van der Waals surface area contributed by atoms with Gasteiger partial charge in [-0.15, -0.1) is 0 Å². The molecule has 1 fully saturated rings. The maximum atomic E-state index is 12.0. The highest BCUT2D eigenvalue weighted by Gasteiger charge is 2.19. The number of carbonyl (C=O) groups is 1. The van der Waals surface area contributed by atoms with Crippen LogP contribution < -0.4 is 5.73 Å². The average Bonchev–Trinajstić information content (AvgIpc) is 2.40. The van der Waals surface area contributed by atoms with Gasteiger partial charge in [0.05, 0.1) is 0 Å². The molecule has 2 rings (SSSR count). The maximum absolute atomic E-state index is 12.0. The number of piperidine rings is 1. The Kier molecular flexibility index (Phi) is 4.15. The molecule has 1 aliphatic heterocycles. The van der Waals surface area contributed by atoms with E-state index in [4.69, 9.17) is 5.73 Å². The van der Waals surface area contributed by atoms with Crippen molar-refractivity contribution >= 4 is 5.91 Å². The predicted octanol–water partition coefficient (Wildman–Crippen LogP) is 2.09. The minimum Gasteiger partial charge on any atom is -0.343 e. The molecule has 17 heavy (non-hydrogen) atoms. The summed E-state index contributed by atoms with van der Waals surface area (Å²) in [5, 5.41) is 0. The number of rotatable bonds is 3. The molecule has 0 aromatic heterocycles. The van der Waals surface area contributed by atoms with Gasteiger partial charge in [0.15, 0.2) is 0 Å². The molecule has 1 atom stereocenters. The highest BCUT2D eigenvalue weighted by Crippen LogP contribution is 2.17. The van der Waals surface area contributed by atoms with Crippen LogP contribution >= 0.6 is 0 Å². The van der Waals surface area contributed by atoms with E-state index in [2.05, 4.69) is 0 Å². The summed E-state index contributed by atoms with van der Waals surface area (Å²) in [5.74, 6) is 0.195. The van der Waals surface area contributed by atoms with Crippen molar-refractivity contribution in [3.8, 4) is 0 Å². The minimum atomic E-state index is -0.175. The standard InChI is InChI=1S/C14H20N2O/c15-13(12-7-3-1-4-8-12)11-14(17)16-9-5-2-6-10-16/h1,3-4,7-8,13H,2,5-6,9-11,15H2/t13-/m1/s1. The summed E-state index contributed by atoms with van der Waals surface area (Å²) < 4.78 is 0. The molecule has 1 aromatic carbocycles. The molecule has 1 aromatic rings. The molecule has 0 radical (unpaired) electrons. The highest BCUT2D eigenvalue weighted by molar-refractivity contribution is 5.77. The van der Waals surface area contributed by atoms with E-state index in [-0.39, 0.29) is 11.9 Å². The summed E-state index contributed by atoms with van der Waals surface area (Å²) in [6.45, 7) is 1.81. The maximum Gasteiger partial charge on any atom is 0.224 e. The lowest BCUT2D eigenvalue weighted by Crippen LogP contribution is -2.37. The van der Waals surface area contributed by atoms with Crippen molar-refractivity contribution < 1.29 is 4.79 Å². The Balaban J connectivity index is 1.89. The average molecular weight is 232 g/mol. The monoisotopic (exact) mass is 232 g/mol. The molecule has 1 saturated heterocycles. The summed E-state index contributed by atoms with van der Waals surface area (Å²) in [5.41, 5.74) is 7.09. The second-order valence-corrected chi connectivity index (χ2v) is 4.66. The number of nitrogens with zero attached hydrogens (tertiary/aromatic N) is 1. The van der Waals surface area contributed by atoms with E-state index >= 15 is 0 Å². The molecule has 3 heteroatoms. The lowest BCUT2D eigenvalue weighted by atomic mass is 10.0. The van der Waals surface area contributed by atoms with Crippen LogP contribution in [0.5, 0.6) is 0 Å². The van der Waals surface area contributed by atoms with Crippen molar-refractivity contribution in [1.82, 2.24) is 4.90 Å². The number of hydrogen-bond acceptors (Lipinski definition) is 2. The zero-order valence-electron chi connectivity index (χ0n) is 10.1. The smallest absolute Gasteiger partial charge is 0.224 e. The first-order chi connectivity index (χ1) is 8.27. The van der Waals surface area contributed by atoms with E-state index in [1.54, 1.807) is 0 Å². The van der Waals surface area contributed by atoms with Crippen LogP contribution in [-0.4, -0.2) is 23.9 Å². The Morgan fingerprint density at radius 3 is 2.47 bits per heavy atom. The summed E-state index contributed by atoms with van der Waals surface area (Å²) >= 11 is 0. The fraction of sp³-hybridized carbons (Fsp3) is 0.500. The van der Waals surface area contributed by atoms with E-state index < -0.39 is 0 Å². The molecule has 92 valence electrons. The van der Waals surface area contributed by atoms with E-state index in [1.807, 2.05) is 35.2 Å². The van der Waals surface area contributed by atoms with Gasteiger partial charge < -0.3 is 10.6 Å². The highest BCUT2D eigenvalue weighted by atomic mass is 16.2. The van der Waals surface area contributed by atoms with Crippen LogP contribution in [0.4, 0.5) is 0 Å². The van der Waals surface area contributed by atoms with Gasteiger partial charge in [-0.2, -0.15) is 0 Å². The van der Waals surface area contributed by atoms with Crippen LogP contribution in [0, 0.1) is 0 Å². The van der Waals surface area contributed by atoms with Crippen LogP contribution in [0.1, 0.15) is 37.3 Å². The number of nitrogens with two attached hydrogens (primary N) is 1. The largest absolute Gasteiger partial charge is 0.343 e. The second kappa shape index (κ2) is 5.82. The third-order valence-corrected chi connectivity index (χ3v) is 3.33. The number of benzene rings is 1. The molecule has 3 nitrogen and oxygen atoms in total. The van der Waals surface area contributed by atoms with Crippen molar-refractivity contribution in [3.05, 3.63) is 35.9 Å². The number of amides is 1. The molecule has 0 spiro atoms. The van der Waals surface area contributed by atoms with Gasteiger partial charge >= 0.3 is 0 Å². The number of carbonyl (C=O) groups excluding carboxylic acids is 1. The molecule has 0 saturated carbocycles. The zero-order chi connectivity index (χ0) is 12.1. The molecule has 0 unspecified atom stereocenters. The molecular weight excluding hydrogens is 212 g/mol. The van der Waals surface area contributed by atoms with Gasteiger partial charge in [-0.05, 0) is 24.8 Å². The minimum absolute atomic E-state index is 0.175. The zero-order valence-corrected chi connectivity index (χ0v) is 10.1. The predicted molar refractivity (Wildman–Crippen MR) is 68.4 cm³/mol. The van der Waals surface area contributed by atoms with E-state index in [0.717, 1.165) is 31.5 Å². The van der Waals surface area contributed by atoms with Crippen LogP contribution in [0.3, 0.4) is 0 Å². The molecular formula is C14H20N2O. The summed E-state index contributed by atoms with van der Waals surface area (Å²) in [6.07, 6.45) is 3.93. The van der Waals surface area contributed by atoms with Crippen molar-refractivity contribution in [2.75, 3.05) is 13.1 Å². The first kappa shape index (κ1) is 12.1. The molecule has 1 amide bonds. The molecule has 1 aliphatic rings. The van der Waals surface area contributed by atoms with Gasteiger partial charge in [0.2, 0.25) is 5.91 Å². The summed E-state index contributed by atoms with van der Waals surface area (Å²) in [6, 6.07) is 9.66. The van der Waals surface area contributed by atoms with Crippen molar-refractivity contribution in [2.45, 2.75) is 31.7 Å². The number of hydrogen-bond donors (Lipinski definition) is 1. The van der Waals surface area contributed by atoms with Gasteiger partial charge in [0, 0.05) is 25.6 Å². The van der Waals surface area contributed by atoms with Crippen LogP contribution in [0.25, 0.3) is 0 Å². The second-order valence-electron chi connectivity index (χ2n) is 4.66. The third kappa shape index (κ3) is 3.30. The SMILES string of the molecule is N[C@H](CC(=O)N1CCCCC1)c1ccccc1. The first-order valence-corrected chi connectivity index (χ1v) is 6.35. The van der Waals surface area contributed by atoms with Crippen LogP contribution in [-0.2, 0) is 4.79 Å². The fourth-order valence-corrected chi connectivity index (χ4v) is 2.28. The van der Waals surface area contributed by atoms with Gasteiger partial charge in [-0.25, -0.2) is 0 Å². The van der Waals surface area contributed by atoms with Crippen molar-refractivity contribution in [3.63, 3.8) is 0 Å². The van der Waals surface area contributed by atoms with E-state index in [0.29, 0.717) is 6.42 Å². The Bertz CT molecular complexity index is 358. The van der Waals surface area contributed by atoms with Gasteiger partial charge in [-0.3, -0.25) is 4.79 Å². The summed E-state index contributed by atoms with van der Waals surface area (Å²) in [4.78, 5) is 14.0. The molecule has 1 heterocycles. The summed E-state index contributed by atoms with van der Waals surface area (Å²) in [7, 11) is 0. The molecule has 0 aliphatic carbocycles. The van der Waals surface area contributed by atoms with Crippen molar-refractivity contribution in [2.24, 2.45) is 5.73 Å².